The molecule has 28 heteroatoms. The third kappa shape index (κ3) is 58.1. The van der Waals surface area contributed by atoms with E-state index in [1.54, 1.807) is 0 Å². The van der Waals surface area contributed by atoms with Gasteiger partial charge in [-0.1, -0.05) is 350 Å². The number of unbranched alkanes of at least 4 members (excludes halogenated alkanes) is 48. The molecule has 0 bridgehead atoms. The molecule has 2 heterocycles. The Bertz CT molecular complexity index is 2600. The lowest BCUT2D eigenvalue weighted by Gasteiger charge is -2.46. The predicted octanol–water partition coefficient (Wildman–Crippen LogP) is 20.1. The molecule has 2 rings (SSSR count). The summed E-state index contributed by atoms with van der Waals surface area (Å²) in [7, 11) is -11.2. The van der Waals surface area contributed by atoms with Crippen LogP contribution in [0.4, 0.5) is 0 Å². The Balaban J connectivity index is 2.70. The molecule has 0 aromatic heterocycles. The largest absolute Gasteiger partial charge is 0.472 e. The van der Waals surface area contributed by atoms with E-state index in [1.165, 1.54) is 64.2 Å². The Labute approximate surface area is 712 Å². The number of carbonyl (C=O) groups is 6. The summed E-state index contributed by atoms with van der Waals surface area (Å²) in [6.07, 6.45) is 35.0. The number of rotatable bonds is 80. The van der Waals surface area contributed by atoms with Crippen molar-refractivity contribution in [3.63, 3.8) is 0 Å². The number of aliphatic hydroxyl groups excluding tert-OH is 3. The van der Waals surface area contributed by atoms with Crippen LogP contribution in [0.3, 0.4) is 0 Å². The molecular weight excluding hydrogens is 1550 g/mol. The summed E-state index contributed by atoms with van der Waals surface area (Å²) in [6.45, 7) is 11.0. The van der Waals surface area contributed by atoms with Crippen LogP contribution in [-0.2, 0) is 80.1 Å². The Hall–Kier alpha value is -3.20. The molecule has 13 atom stereocenters. The van der Waals surface area contributed by atoms with E-state index in [0.29, 0.717) is 44.9 Å². The van der Waals surface area contributed by atoms with E-state index >= 15 is 4.79 Å². The summed E-state index contributed by atoms with van der Waals surface area (Å²) in [5, 5.41) is 40.3. The van der Waals surface area contributed by atoms with E-state index in [-0.39, 0.29) is 32.1 Å². The highest BCUT2D eigenvalue weighted by Gasteiger charge is 2.54. The van der Waals surface area contributed by atoms with Gasteiger partial charge in [0.15, 0.2) is 18.7 Å². The average molecular weight is 1730 g/mol. The second kappa shape index (κ2) is 72.0. The van der Waals surface area contributed by atoms with Crippen LogP contribution in [0.5, 0.6) is 0 Å². The molecule has 694 valence electrons. The van der Waals surface area contributed by atoms with Crippen molar-refractivity contribution in [1.29, 1.82) is 0 Å². The number of carbonyl (C=O) groups excluding carboxylic acids is 6. The molecule has 2 saturated heterocycles. The molecule has 0 saturated carbocycles. The topological polar surface area (TPSA) is 385 Å². The fraction of sp³-hybridized carbons (Fsp3) is 0.933. The van der Waals surface area contributed by atoms with E-state index in [0.717, 1.165) is 244 Å². The van der Waals surface area contributed by atoms with Gasteiger partial charge in [0.2, 0.25) is 11.8 Å². The minimum absolute atomic E-state index is 0.0905. The van der Waals surface area contributed by atoms with Crippen molar-refractivity contribution < 1.29 is 115 Å². The summed E-state index contributed by atoms with van der Waals surface area (Å²) >= 11 is 0. The van der Waals surface area contributed by atoms with Crippen LogP contribution in [0.2, 0.25) is 0 Å². The summed E-state index contributed by atoms with van der Waals surface area (Å²) < 4.78 is 79.2. The smallest absolute Gasteiger partial charge is 0.462 e. The SMILES string of the molecule is CCCCCCCCCCCC(=O)O[C@H](CCCCCCCCCCC)CC(=O)N[C@H]1[C@@H](OP(=O)(O)O)O[C@H](CO[C@@H]2O[C@H](CO)[C@@H](OP(=O)(O)O)[C@H](OC(=O)C[C@@H](CCCCCCCCCCC)OC(=O)CCCCCCCCCCC)[C@H]2NC(=O)C[C@@H](CCCCCCCCCCC)OC(=O)CCCCCCCCCCC)[C@@H](O)[C@@H]1O. The quantitative estimate of drug-likeness (QED) is 0.0118. The first kappa shape index (κ1) is 111. The summed E-state index contributed by atoms with van der Waals surface area (Å²) in [6, 6.07) is -3.76. The zero-order valence-electron chi connectivity index (χ0n) is 74.4. The fourth-order valence-electron chi connectivity index (χ4n) is 15.8. The Kier molecular flexibility index (Phi) is 67.7. The molecule has 2 aliphatic heterocycles. The average Bonchev–Trinajstić information content (AvgIpc) is 0.783. The first-order chi connectivity index (χ1) is 56.9. The van der Waals surface area contributed by atoms with Crippen molar-refractivity contribution in [3.8, 4) is 0 Å². The van der Waals surface area contributed by atoms with E-state index in [9.17, 15) is 68.0 Å². The first-order valence-corrected chi connectivity index (χ1v) is 50.7. The number of phosphoric acid groups is 2. The maximum atomic E-state index is 15.0. The summed E-state index contributed by atoms with van der Waals surface area (Å²) in [4.78, 5) is 127. The van der Waals surface area contributed by atoms with Crippen LogP contribution in [-0.4, -0.2) is 163 Å². The molecule has 0 aromatic rings. The maximum absolute atomic E-state index is 15.0. The van der Waals surface area contributed by atoms with Crippen LogP contribution in [0, 0.1) is 0 Å². The molecule has 2 fully saturated rings. The Morgan fingerprint density at radius 2 is 0.610 bits per heavy atom. The van der Waals surface area contributed by atoms with Crippen LogP contribution >= 0.6 is 15.6 Å². The highest BCUT2D eigenvalue weighted by Crippen LogP contribution is 2.44. The van der Waals surface area contributed by atoms with Gasteiger partial charge < -0.3 is 78.7 Å². The van der Waals surface area contributed by atoms with E-state index in [4.69, 9.17) is 42.2 Å². The highest BCUT2D eigenvalue weighted by atomic mass is 31.2. The zero-order chi connectivity index (χ0) is 86.7. The molecule has 0 spiro atoms. The number of nitrogens with one attached hydrogen (secondary N) is 2. The highest BCUT2D eigenvalue weighted by molar-refractivity contribution is 7.46. The molecule has 26 nitrogen and oxygen atoms in total. The van der Waals surface area contributed by atoms with Gasteiger partial charge in [0.05, 0.1) is 32.5 Å². The Morgan fingerprint density at radius 3 is 0.915 bits per heavy atom. The molecule has 0 aromatic carbocycles. The van der Waals surface area contributed by atoms with Crippen LogP contribution in [0.15, 0.2) is 0 Å². The Morgan fingerprint density at radius 1 is 0.331 bits per heavy atom. The fourth-order valence-corrected chi connectivity index (χ4v) is 16.9. The van der Waals surface area contributed by atoms with Crippen molar-refractivity contribution >= 4 is 51.3 Å². The lowest BCUT2D eigenvalue weighted by molar-refractivity contribution is -0.296. The minimum Gasteiger partial charge on any atom is -0.462 e. The van der Waals surface area contributed by atoms with Gasteiger partial charge in [-0.2, -0.15) is 0 Å². The van der Waals surface area contributed by atoms with Crippen molar-refractivity contribution in [2.45, 2.75) is 526 Å². The normalized spacial score (nSPS) is 20.4. The van der Waals surface area contributed by atoms with Gasteiger partial charge in [-0.15, -0.1) is 0 Å². The van der Waals surface area contributed by atoms with Crippen molar-refractivity contribution in [2.75, 3.05) is 13.2 Å². The molecule has 9 N–H and O–H groups in total. The summed E-state index contributed by atoms with van der Waals surface area (Å²) in [5.74, 6) is -4.29. The van der Waals surface area contributed by atoms with Gasteiger partial charge in [0.1, 0.15) is 60.9 Å². The van der Waals surface area contributed by atoms with Gasteiger partial charge in [0, 0.05) is 19.3 Å². The van der Waals surface area contributed by atoms with Gasteiger partial charge in [0.25, 0.3) is 0 Å². The number of hydrogen-bond donors (Lipinski definition) is 9. The van der Waals surface area contributed by atoms with E-state index < -0.39 is 163 Å². The number of ether oxygens (including phenoxy) is 7. The van der Waals surface area contributed by atoms with Crippen LogP contribution < -0.4 is 10.6 Å². The van der Waals surface area contributed by atoms with E-state index in [2.05, 4.69) is 52.2 Å². The molecular formula is C90H170N2O24P2. The number of aliphatic hydroxyl groups is 3. The minimum atomic E-state index is -5.64. The number of esters is 4. The zero-order valence-corrected chi connectivity index (χ0v) is 76.2. The molecule has 0 radical (unpaired) electrons. The van der Waals surface area contributed by atoms with Crippen molar-refractivity contribution in [1.82, 2.24) is 10.6 Å². The van der Waals surface area contributed by atoms with Gasteiger partial charge in [-0.25, -0.2) is 9.13 Å². The van der Waals surface area contributed by atoms with Gasteiger partial charge in [-0.05, 0) is 57.8 Å². The van der Waals surface area contributed by atoms with Crippen LogP contribution in [0.25, 0.3) is 0 Å². The molecule has 118 heavy (non-hydrogen) atoms. The van der Waals surface area contributed by atoms with Crippen LogP contribution in [0.1, 0.15) is 446 Å². The molecule has 2 aliphatic rings. The first-order valence-electron chi connectivity index (χ1n) is 47.7. The molecule has 2 amide bonds. The lowest BCUT2D eigenvalue weighted by Crippen LogP contribution is -2.67. The monoisotopic (exact) mass is 1730 g/mol. The third-order valence-electron chi connectivity index (χ3n) is 22.8. The number of amides is 2. The standard InChI is InChI=1S/C90H170N2O24P2/c1-7-13-19-25-31-37-43-49-55-61-72(109-79(96)64-58-52-46-40-34-28-22-16-10-4)67-77(94)91-83-86(101)85(100)76(113-90(83)116-118(105,106)107)71-108-89-84(92-78(95)68-73(62-56-50-44-38-32-26-20-14-8-2)110-80(97)65-59-53-47-41-35-29-23-17-11-5)88(87(75(70-93)112-89)115-117(102,103)104)114-82(99)69-74(63-57-51-45-39-33-27-21-15-9-3)111-81(98)66-60-54-48-42-36-30-24-18-12-6/h72-76,83-90,93,100-101H,7-71H2,1-6H3,(H,91,94)(H,92,95)(H2,102,103,104)(H2,105,106,107)/t72-,73-,74-,75-,76-,83-,84-,85-,86-,87-,88-,89-,90-/m1/s1. The van der Waals surface area contributed by atoms with Gasteiger partial charge >= 0.3 is 39.5 Å². The molecule has 0 aliphatic carbocycles. The van der Waals surface area contributed by atoms with Crippen molar-refractivity contribution in [3.05, 3.63) is 0 Å². The lowest BCUT2D eigenvalue weighted by atomic mass is 9.95. The number of hydrogen-bond acceptors (Lipinski definition) is 20. The predicted molar refractivity (Wildman–Crippen MR) is 461 cm³/mol. The van der Waals surface area contributed by atoms with Crippen molar-refractivity contribution in [2.24, 2.45) is 0 Å². The maximum Gasteiger partial charge on any atom is 0.472 e. The summed E-state index contributed by atoms with van der Waals surface area (Å²) in [5.41, 5.74) is 0. The third-order valence-corrected chi connectivity index (χ3v) is 23.8. The second-order valence-corrected chi connectivity index (χ2v) is 36.3. The van der Waals surface area contributed by atoms with E-state index in [1.807, 2.05) is 0 Å². The molecule has 0 unspecified atom stereocenters. The van der Waals surface area contributed by atoms with Gasteiger partial charge in [-0.3, -0.25) is 37.8 Å². The number of phosphoric ester groups is 2. The second-order valence-electron chi connectivity index (χ2n) is 33.9.